The first-order chi connectivity index (χ1) is 11.7. The molecule has 0 aliphatic heterocycles. The molecular formula is C19H14N2O3. The van der Waals surface area contributed by atoms with E-state index in [-0.39, 0.29) is 0 Å². The van der Waals surface area contributed by atoms with Crippen molar-refractivity contribution in [1.82, 2.24) is 9.97 Å². The maximum atomic E-state index is 10.9. The summed E-state index contributed by atoms with van der Waals surface area (Å²) in [6.07, 6.45) is 2.42. The number of ether oxygens (including phenoxy) is 1. The molecule has 0 saturated heterocycles. The number of aryl methyl sites for hydroxylation is 1. The summed E-state index contributed by atoms with van der Waals surface area (Å²) >= 11 is 0. The van der Waals surface area contributed by atoms with Crippen LogP contribution in [0.3, 0.4) is 0 Å². The third kappa shape index (κ3) is 2.31. The summed E-state index contributed by atoms with van der Waals surface area (Å²) < 4.78 is 11.1. The fraction of sp³-hybridized carbons (Fsp3) is 0.105. The van der Waals surface area contributed by atoms with Crippen molar-refractivity contribution in [3.8, 4) is 17.2 Å². The lowest BCUT2D eigenvalue weighted by molar-refractivity contribution is 0.112. The molecule has 118 valence electrons. The molecule has 0 atom stereocenters. The van der Waals surface area contributed by atoms with Gasteiger partial charge in [0.2, 0.25) is 5.88 Å². The average molecular weight is 318 g/mol. The number of rotatable bonds is 3. The molecule has 2 heterocycles. The minimum absolute atomic E-state index is 0.472. The van der Waals surface area contributed by atoms with Gasteiger partial charge in [-0.25, -0.2) is 9.97 Å². The fourth-order valence-corrected chi connectivity index (χ4v) is 2.80. The molecule has 0 unspecified atom stereocenters. The smallest absolute Gasteiger partial charge is 0.232 e. The van der Waals surface area contributed by atoms with Gasteiger partial charge in [0.05, 0.1) is 24.3 Å². The molecule has 0 N–H and O–H groups in total. The van der Waals surface area contributed by atoms with Gasteiger partial charge < -0.3 is 9.15 Å². The molecule has 0 aliphatic carbocycles. The average Bonchev–Trinajstić information content (AvgIpc) is 3.03. The van der Waals surface area contributed by atoms with Crippen LogP contribution in [-0.2, 0) is 0 Å². The van der Waals surface area contributed by atoms with Gasteiger partial charge in [-0.2, -0.15) is 0 Å². The standard InChI is InChI=1S/C19H14N2O3/c1-11-5-14(19-15(6-11)21-18(23-2)9-20-19)17-8-13-7-12(10-22)3-4-16(13)24-17/h3-10H,1-2H3. The van der Waals surface area contributed by atoms with E-state index >= 15 is 0 Å². The van der Waals surface area contributed by atoms with Crippen molar-refractivity contribution in [2.24, 2.45) is 0 Å². The summed E-state index contributed by atoms with van der Waals surface area (Å²) in [6, 6.07) is 11.2. The number of nitrogens with zero attached hydrogens (tertiary/aromatic N) is 2. The van der Waals surface area contributed by atoms with E-state index in [0.29, 0.717) is 17.2 Å². The van der Waals surface area contributed by atoms with Crippen molar-refractivity contribution in [2.45, 2.75) is 6.92 Å². The summed E-state index contributed by atoms with van der Waals surface area (Å²) in [5, 5.41) is 0.880. The first kappa shape index (κ1) is 14.4. The number of aromatic nitrogens is 2. The van der Waals surface area contributed by atoms with Crippen LogP contribution in [0.15, 0.2) is 47.0 Å². The second-order valence-electron chi connectivity index (χ2n) is 5.62. The summed E-state index contributed by atoms with van der Waals surface area (Å²) in [6.45, 7) is 2.00. The van der Waals surface area contributed by atoms with Crippen LogP contribution in [-0.4, -0.2) is 23.4 Å². The molecule has 0 aliphatic rings. The Morgan fingerprint density at radius 2 is 2.04 bits per heavy atom. The lowest BCUT2D eigenvalue weighted by Crippen LogP contribution is -1.93. The molecule has 0 bridgehead atoms. The summed E-state index contributed by atoms with van der Waals surface area (Å²) in [7, 11) is 1.57. The molecule has 0 spiro atoms. The second-order valence-corrected chi connectivity index (χ2v) is 5.62. The Bertz CT molecular complexity index is 1080. The third-order valence-corrected chi connectivity index (χ3v) is 3.92. The molecular weight excluding hydrogens is 304 g/mol. The zero-order valence-electron chi connectivity index (χ0n) is 13.2. The number of carbonyl (C=O) groups is 1. The highest BCUT2D eigenvalue weighted by atomic mass is 16.5. The van der Waals surface area contributed by atoms with Gasteiger partial charge in [0.25, 0.3) is 0 Å². The van der Waals surface area contributed by atoms with Crippen LogP contribution in [0.2, 0.25) is 0 Å². The number of benzene rings is 2. The third-order valence-electron chi connectivity index (χ3n) is 3.92. The summed E-state index contributed by atoms with van der Waals surface area (Å²) in [5.74, 6) is 1.17. The van der Waals surface area contributed by atoms with E-state index in [1.165, 1.54) is 0 Å². The quantitative estimate of drug-likeness (QED) is 0.530. The first-order valence-corrected chi connectivity index (χ1v) is 7.48. The number of aldehydes is 1. The monoisotopic (exact) mass is 318 g/mol. The minimum Gasteiger partial charge on any atom is -0.480 e. The van der Waals surface area contributed by atoms with E-state index in [0.717, 1.165) is 39.4 Å². The Morgan fingerprint density at radius 3 is 2.83 bits per heavy atom. The van der Waals surface area contributed by atoms with Gasteiger partial charge in [0.1, 0.15) is 17.6 Å². The van der Waals surface area contributed by atoms with E-state index < -0.39 is 0 Å². The maximum Gasteiger partial charge on any atom is 0.232 e. The lowest BCUT2D eigenvalue weighted by Gasteiger charge is -2.06. The molecule has 2 aromatic heterocycles. The van der Waals surface area contributed by atoms with Crippen molar-refractivity contribution in [3.05, 3.63) is 53.7 Å². The number of hydrogen-bond acceptors (Lipinski definition) is 5. The Hall–Kier alpha value is -3.21. The Balaban J connectivity index is 1.96. The number of hydrogen-bond donors (Lipinski definition) is 0. The van der Waals surface area contributed by atoms with Crippen LogP contribution in [0.1, 0.15) is 15.9 Å². The van der Waals surface area contributed by atoms with Crippen LogP contribution in [0.25, 0.3) is 33.3 Å². The van der Waals surface area contributed by atoms with Crippen molar-refractivity contribution >= 4 is 28.3 Å². The van der Waals surface area contributed by atoms with Crippen LogP contribution in [0.5, 0.6) is 5.88 Å². The molecule has 0 amide bonds. The second kappa shape index (κ2) is 5.45. The predicted molar refractivity (Wildman–Crippen MR) is 91.4 cm³/mol. The topological polar surface area (TPSA) is 65.2 Å². The van der Waals surface area contributed by atoms with Gasteiger partial charge in [0, 0.05) is 16.5 Å². The molecule has 24 heavy (non-hydrogen) atoms. The van der Waals surface area contributed by atoms with E-state index in [1.54, 1.807) is 25.4 Å². The Morgan fingerprint density at radius 1 is 1.17 bits per heavy atom. The number of carbonyl (C=O) groups excluding carboxylic acids is 1. The molecule has 5 heteroatoms. The highest BCUT2D eigenvalue weighted by molar-refractivity contribution is 5.95. The first-order valence-electron chi connectivity index (χ1n) is 7.48. The van der Waals surface area contributed by atoms with Gasteiger partial charge >= 0.3 is 0 Å². The lowest BCUT2D eigenvalue weighted by atomic mass is 10.1. The fourth-order valence-electron chi connectivity index (χ4n) is 2.80. The van der Waals surface area contributed by atoms with Gasteiger partial charge in [-0.15, -0.1) is 0 Å². The Labute approximate surface area is 137 Å². The summed E-state index contributed by atoms with van der Waals surface area (Å²) in [4.78, 5) is 19.9. The zero-order valence-corrected chi connectivity index (χ0v) is 13.2. The summed E-state index contributed by atoms with van der Waals surface area (Å²) in [5.41, 5.74) is 4.76. The molecule has 5 nitrogen and oxygen atoms in total. The van der Waals surface area contributed by atoms with E-state index in [2.05, 4.69) is 9.97 Å². The van der Waals surface area contributed by atoms with Crippen molar-refractivity contribution in [1.29, 1.82) is 0 Å². The zero-order chi connectivity index (χ0) is 16.7. The van der Waals surface area contributed by atoms with Gasteiger partial charge in [-0.3, -0.25) is 4.79 Å². The number of methoxy groups -OCH3 is 1. The molecule has 2 aromatic carbocycles. The van der Waals surface area contributed by atoms with Crippen molar-refractivity contribution in [3.63, 3.8) is 0 Å². The highest BCUT2D eigenvalue weighted by Crippen LogP contribution is 2.33. The van der Waals surface area contributed by atoms with Crippen LogP contribution < -0.4 is 4.74 Å². The molecule has 0 radical (unpaired) electrons. The van der Waals surface area contributed by atoms with E-state index in [9.17, 15) is 4.79 Å². The molecule has 4 rings (SSSR count). The van der Waals surface area contributed by atoms with Crippen molar-refractivity contribution in [2.75, 3.05) is 7.11 Å². The largest absolute Gasteiger partial charge is 0.480 e. The SMILES string of the molecule is COc1cnc2c(-c3cc4cc(C=O)ccc4o3)cc(C)cc2n1. The van der Waals surface area contributed by atoms with Gasteiger partial charge in [-0.05, 0) is 48.9 Å². The van der Waals surface area contributed by atoms with Gasteiger partial charge in [-0.1, -0.05) is 0 Å². The Kier molecular flexibility index (Phi) is 3.27. The van der Waals surface area contributed by atoms with E-state index in [1.807, 2.05) is 31.2 Å². The molecule has 0 fully saturated rings. The highest BCUT2D eigenvalue weighted by Gasteiger charge is 2.13. The van der Waals surface area contributed by atoms with Crippen LogP contribution in [0.4, 0.5) is 0 Å². The van der Waals surface area contributed by atoms with Crippen molar-refractivity contribution < 1.29 is 13.9 Å². The molecule has 4 aromatic rings. The molecule has 0 saturated carbocycles. The van der Waals surface area contributed by atoms with Crippen LogP contribution >= 0.6 is 0 Å². The van der Waals surface area contributed by atoms with Gasteiger partial charge in [0.15, 0.2) is 0 Å². The van der Waals surface area contributed by atoms with Crippen LogP contribution in [0, 0.1) is 6.92 Å². The number of fused-ring (bicyclic) bond motifs is 2. The minimum atomic E-state index is 0.472. The number of furan rings is 1. The van der Waals surface area contributed by atoms with E-state index in [4.69, 9.17) is 9.15 Å². The maximum absolute atomic E-state index is 10.9. The normalized spacial score (nSPS) is 11.1. The predicted octanol–water partition coefficient (Wildman–Crippen LogP) is 4.17.